The Kier molecular flexibility index (Phi) is 6.68. The van der Waals surface area contributed by atoms with E-state index in [1.54, 1.807) is 7.11 Å². The third-order valence-electron chi connectivity index (χ3n) is 2.89. The van der Waals surface area contributed by atoms with Crippen LogP contribution in [-0.2, 0) is 11.3 Å². The van der Waals surface area contributed by atoms with Gasteiger partial charge in [-0.25, -0.2) is 0 Å². The van der Waals surface area contributed by atoms with Gasteiger partial charge in [0.1, 0.15) is 5.75 Å². The zero-order valence-corrected chi connectivity index (χ0v) is 11.9. The van der Waals surface area contributed by atoms with Gasteiger partial charge in [0.2, 0.25) is 0 Å². The number of nitrogens with one attached hydrogen (secondary N) is 1. The van der Waals surface area contributed by atoms with E-state index in [-0.39, 0.29) is 0 Å². The fourth-order valence-corrected chi connectivity index (χ4v) is 1.90. The van der Waals surface area contributed by atoms with E-state index in [1.165, 1.54) is 0 Å². The molecule has 18 heavy (non-hydrogen) atoms. The van der Waals surface area contributed by atoms with Crippen LogP contribution in [0.1, 0.15) is 30.2 Å². The third-order valence-corrected chi connectivity index (χ3v) is 2.89. The number of ether oxygens (including phenoxy) is 2. The quantitative estimate of drug-likeness (QED) is 0.720. The maximum absolute atomic E-state index is 5.39. The van der Waals surface area contributed by atoms with E-state index in [4.69, 9.17) is 9.47 Å². The fraction of sp³-hybridized carbons (Fsp3) is 0.643. The van der Waals surface area contributed by atoms with Crippen molar-refractivity contribution in [2.45, 2.75) is 33.7 Å². The Bertz CT molecular complexity index is 367. The first-order chi connectivity index (χ1) is 8.70. The van der Waals surface area contributed by atoms with Gasteiger partial charge in [-0.05, 0) is 33.7 Å². The molecular formula is C14H24N2O2. The summed E-state index contributed by atoms with van der Waals surface area (Å²) in [4.78, 5) is 4.45. The number of aromatic nitrogens is 1. The first kappa shape index (κ1) is 14.9. The molecule has 0 aliphatic carbocycles. The SMILES string of the molecule is CCOCCCNCc1ncc(C)c(OC)c1C. The Morgan fingerprint density at radius 3 is 2.78 bits per heavy atom. The topological polar surface area (TPSA) is 43.4 Å². The molecule has 0 fully saturated rings. The van der Waals surface area contributed by atoms with Gasteiger partial charge >= 0.3 is 0 Å². The van der Waals surface area contributed by atoms with Gasteiger partial charge in [-0.2, -0.15) is 0 Å². The van der Waals surface area contributed by atoms with E-state index >= 15 is 0 Å². The maximum atomic E-state index is 5.39. The van der Waals surface area contributed by atoms with Gasteiger partial charge in [0, 0.05) is 37.1 Å². The van der Waals surface area contributed by atoms with Crippen molar-refractivity contribution < 1.29 is 9.47 Å². The predicted molar refractivity (Wildman–Crippen MR) is 73.1 cm³/mol. The summed E-state index contributed by atoms with van der Waals surface area (Å²) in [7, 11) is 1.70. The van der Waals surface area contributed by atoms with Crippen molar-refractivity contribution in [3.8, 4) is 5.75 Å². The summed E-state index contributed by atoms with van der Waals surface area (Å²) in [6.07, 6.45) is 2.89. The second-order valence-corrected chi connectivity index (χ2v) is 4.27. The molecule has 0 bridgehead atoms. The van der Waals surface area contributed by atoms with Gasteiger partial charge in [-0.1, -0.05) is 0 Å². The van der Waals surface area contributed by atoms with Gasteiger partial charge < -0.3 is 14.8 Å². The maximum Gasteiger partial charge on any atom is 0.128 e. The van der Waals surface area contributed by atoms with E-state index < -0.39 is 0 Å². The van der Waals surface area contributed by atoms with Crippen molar-refractivity contribution in [3.63, 3.8) is 0 Å². The second kappa shape index (κ2) is 8.06. The molecule has 0 spiro atoms. The average Bonchev–Trinajstić information content (AvgIpc) is 2.36. The normalized spacial score (nSPS) is 10.7. The van der Waals surface area contributed by atoms with E-state index in [0.29, 0.717) is 0 Å². The van der Waals surface area contributed by atoms with Crippen LogP contribution in [0.15, 0.2) is 6.20 Å². The number of aryl methyl sites for hydroxylation is 1. The van der Waals surface area contributed by atoms with Crippen LogP contribution >= 0.6 is 0 Å². The van der Waals surface area contributed by atoms with Crippen molar-refractivity contribution >= 4 is 0 Å². The van der Waals surface area contributed by atoms with Crippen LogP contribution in [0.2, 0.25) is 0 Å². The largest absolute Gasteiger partial charge is 0.496 e. The number of pyridine rings is 1. The molecule has 1 rings (SSSR count). The Morgan fingerprint density at radius 2 is 2.11 bits per heavy atom. The van der Waals surface area contributed by atoms with Crippen LogP contribution in [0.5, 0.6) is 5.75 Å². The van der Waals surface area contributed by atoms with Gasteiger partial charge in [0.25, 0.3) is 0 Å². The molecule has 0 aliphatic heterocycles. The monoisotopic (exact) mass is 252 g/mol. The molecule has 0 atom stereocenters. The summed E-state index contributed by atoms with van der Waals surface area (Å²) in [5.74, 6) is 0.941. The lowest BCUT2D eigenvalue weighted by Gasteiger charge is -2.12. The molecule has 0 radical (unpaired) electrons. The van der Waals surface area contributed by atoms with Crippen molar-refractivity contribution in [2.24, 2.45) is 0 Å². The number of rotatable bonds is 8. The van der Waals surface area contributed by atoms with Crippen LogP contribution in [0.4, 0.5) is 0 Å². The highest BCUT2D eigenvalue weighted by molar-refractivity contribution is 5.40. The van der Waals surface area contributed by atoms with Gasteiger partial charge in [0.05, 0.1) is 12.8 Å². The molecule has 0 amide bonds. The first-order valence-electron chi connectivity index (χ1n) is 6.48. The summed E-state index contributed by atoms with van der Waals surface area (Å²) in [6, 6.07) is 0. The summed E-state index contributed by atoms with van der Waals surface area (Å²) in [5, 5.41) is 3.37. The first-order valence-corrected chi connectivity index (χ1v) is 6.48. The molecular weight excluding hydrogens is 228 g/mol. The summed E-state index contributed by atoms with van der Waals surface area (Å²) >= 11 is 0. The Morgan fingerprint density at radius 1 is 1.33 bits per heavy atom. The Balaban J connectivity index is 2.43. The highest BCUT2D eigenvalue weighted by Gasteiger charge is 2.08. The predicted octanol–water partition coefficient (Wildman–Crippen LogP) is 2.22. The van der Waals surface area contributed by atoms with E-state index in [1.807, 2.05) is 20.0 Å². The molecule has 4 heteroatoms. The van der Waals surface area contributed by atoms with Gasteiger partial charge in [-0.3, -0.25) is 4.98 Å². The van der Waals surface area contributed by atoms with Crippen LogP contribution in [0, 0.1) is 13.8 Å². The number of nitrogens with zero attached hydrogens (tertiary/aromatic N) is 1. The molecule has 0 saturated heterocycles. The molecule has 1 N–H and O–H groups in total. The van der Waals surface area contributed by atoms with Crippen molar-refractivity contribution in [2.75, 3.05) is 26.9 Å². The summed E-state index contributed by atoms with van der Waals surface area (Å²) < 4.78 is 10.7. The molecule has 0 aliphatic rings. The van der Waals surface area contributed by atoms with Crippen molar-refractivity contribution in [1.82, 2.24) is 10.3 Å². The second-order valence-electron chi connectivity index (χ2n) is 4.27. The molecule has 0 saturated carbocycles. The summed E-state index contributed by atoms with van der Waals surface area (Å²) in [6.45, 7) is 9.39. The van der Waals surface area contributed by atoms with Gasteiger partial charge in [-0.15, -0.1) is 0 Å². The van der Waals surface area contributed by atoms with E-state index in [2.05, 4.69) is 17.2 Å². The zero-order chi connectivity index (χ0) is 13.4. The Hall–Kier alpha value is -1.13. The standard InChI is InChI=1S/C14H24N2O2/c1-5-18-8-6-7-15-10-13-12(3)14(17-4)11(2)9-16-13/h9,15H,5-8,10H2,1-4H3. The smallest absolute Gasteiger partial charge is 0.128 e. The number of hydrogen-bond acceptors (Lipinski definition) is 4. The Labute approximate surface area is 110 Å². The van der Waals surface area contributed by atoms with E-state index in [0.717, 1.165) is 55.3 Å². The molecule has 0 aromatic carbocycles. The van der Waals surface area contributed by atoms with Crippen molar-refractivity contribution in [1.29, 1.82) is 0 Å². The summed E-state index contributed by atoms with van der Waals surface area (Å²) in [5.41, 5.74) is 3.25. The minimum atomic E-state index is 0.772. The lowest BCUT2D eigenvalue weighted by molar-refractivity contribution is 0.144. The van der Waals surface area contributed by atoms with Crippen LogP contribution in [0.3, 0.4) is 0 Å². The van der Waals surface area contributed by atoms with Crippen LogP contribution in [0.25, 0.3) is 0 Å². The molecule has 102 valence electrons. The molecule has 4 nitrogen and oxygen atoms in total. The molecule has 1 heterocycles. The molecule has 1 aromatic heterocycles. The van der Waals surface area contributed by atoms with E-state index in [9.17, 15) is 0 Å². The average molecular weight is 252 g/mol. The van der Waals surface area contributed by atoms with Crippen molar-refractivity contribution in [3.05, 3.63) is 23.0 Å². The minimum absolute atomic E-state index is 0.772. The van der Waals surface area contributed by atoms with Crippen LogP contribution in [-0.4, -0.2) is 31.9 Å². The zero-order valence-electron chi connectivity index (χ0n) is 11.9. The highest BCUT2D eigenvalue weighted by Crippen LogP contribution is 2.23. The number of methoxy groups -OCH3 is 1. The minimum Gasteiger partial charge on any atom is -0.496 e. The fourth-order valence-electron chi connectivity index (χ4n) is 1.90. The number of hydrogen-bond donors (Lipinski definition) is 1. The lowest BCUT2D eigenvalue weighted by Crippen LogP contribution is -2.18. The molecule has 1 aromatic rings. The van der Waals surface area contributed by atoms with Gasteiger partial charge in [0.15, 0.2) is 0 Å². The molecule has 0 unspecified atom stereocenters. The van der Waals surface area contributed by atoms with Crippen LogP contribution < -0.4 is 10.1 Å². The highest BCUT2D eigenvalue weighted by atomic mass is 16.5. The lowest BCUT2D eigenvalue weighted by atomic mass is 10.1. The third kappa shape index (κ3) is 4.27.